The molecule has 0 bridgehead atoms. The fourth-order valence-electron chi connectivity index (χ4n) is 3.64. The number of hydrogen-bond acceptors (Lipinski definition) is 4. The number of nitrogens with one attached hydrogen (secondary N) is 1. The molecule has 0 saturated carbocycles. The Bertz CT molecular complexity index is 620. The lowest BCUT2D eigenvalue weighted by molar-refractivity contribution is -0.125. The predicted octanol–water partition coefficient (Wildman–Crippen LogP) is 2.49. The maximum absolute atomic E-state index is 12.8. The van der Waals surface area contributed by atoms with Crippen LogP contribution in [0.5, 0.6) is 0 Å². The lowest BCUT2D eigenvalue weighted by Gasteiger charge is -2.29. The highest BCUT2D eigenvalue weighted by molar-refractivity contribution is 7.14. The Balaban J connectivity index is 1.60. The van der Waals surface area contributed by atoms with E-state index in [2.05, 4.69) is 12.2 Å². The Morgan fingerprint density at radius 1 is 1.32 bits per heavy atom. The van der Waals surface area contributed by atoms with Crippen molar-refractivity contribution >= 4 is 23.2 Å². The Kier molecular flexibility index (Phi) is 6.12. The van der Waals surface area contributed by atoms with Gasteiger partial charge in [0.2, 0.25) is 5.91 Å². The molecule has 1 aromatic rings. The number of aryl methyl sites for hydroxylation is 1. The van der Waals surface area contributed by atoms with Crippen LogP contribution in [0, 0.1) is 11.8 Å². The van der Waals surface area contributed by atoms with Gasteiger partial charge in [-0.2, -0.15) is 0 Å². The maximum atomic E-state index is 12.8. The van der Waals surface area contributed by atoms with E-state index in [-0.39, 0.29) is 17.7 Å². The molecule has 1 saturated heterocycles. The van der Waals surface area contributed by atoms with Gasteiger partial charge in [0.25, 0.3) is 5.91 Å². The van der Waals surface area contributed by atoms with Crippen LogP contribution in [-0.2, 0) is 22.4 Å². The van der Waals surface area contributed by atoms with Crippen molar-refractivity contribution in [3.63, 3.8) is 0 Å². The molecule has 2 amide bonds. The largest absolute Gasteiger partial charge is 0.383 e. The summed E-state index contributed by atoms with van der Waals surface area (Å²) in [6, 6.07) is 2.04. The number of methoxy groups -OCH3 is 1. The summed E-state index contributed by atoms with van der Waals surface area (Å²) >= 11 is 1.63. The van der Waals surface area contributed by atoms with Crippen LogP contribution < -0.4 is 5.32 Å². The van der Waals surface area contributed by atoms with Gasteiger partial charge in [0.1, 0.15) is 0 Å². The van der Waals surface area contributed by atoms with E-state index < -0.39 is 0 Å². The van der Waals surface area contributed by atoms with Gasteiger partial charge < -0.3 is 15.0 Å². The second kappa shape index (κ2) is 8.32. The quantitative estimate of drug-likeness (QED) is 0.817. The highest BCUT2D eigenvalue weighted by atomic mass is 32.1. The van der Waals surface area contributed by atoms with Gasteiger partial charge in [0, 0.05) is 37.5 Å². The number of fused-ring (bicyclic) bond motifs is 1. The fraction of sp³-hybridized carbons (Fsp3) is 0.684. The lowest BCUT2D eigenvalue weighted by atomic mass is 9.87. The minimum Gasteiger partial charge on any atom is -0.383 e. The minimum absolute atomic E-state index is 0.0118. The molecular weight excluding hydrogens is 336 g/mol. The zero-order valence-corrected chi connectivity index (χ0v) is 16.0. The molecule has 1 atom stereocenters. The summed E-state index contributed by atoms with van der Waals surface area (Å²) in [5, 5.41) is 2.93. The van der Waals surface area contributed by atoms with Crippen LogP contribution in [0.15, 0.2) is 6.07 Å². The van der Waals surface area contributed by atoms with Crippen LogP contribution in [0.25, 0.3) is 0 Å². The molecule has 0 unspecified atom stereocenters. The van der Waals surface area contributed by atoms with Crippen molar-refractivity contribution in [2.24, 2.45) is 11.8 Å². The number of nitrogens with zero attached hydrogens (tertiary/aromatic N) is 1. The van der Waals surface area contributed by atoms with E-state index in [0.29, 0.717) is 13.2 Å². The van der Waals surface area contributed by atoms with Crippen LogP contribution in [0.3, 0.4) is 0 Å². The highest BCUT2D eigenvalue weighted by Gasteiger charge is 2.29. The minimum atomic E-state index is 0.0118. The van der Waals surface area contributed by atoms with E-state index in [0.717, 1.165) is 56.0 Å². The molecule has 6 heteroatoms. The average molecular weight is 365 g/mol. The van der Waals surface area contributed by atoms with E-state index >= 15 is 0 Å². The summed E-state index contributed by atoms with van der Waals surface area (Å²) in [5.41, 5.74) is 1.19. The van der Waals surface area contributed by atoms with Crippen molar-refractivity contribution in [2.45, 2.75) is 39.0 Å². The monoisotopic (exact) mass is 364 g/mol. The smallest absolute Gasteiger partial charge is 0.263 e. The van der Waals surface area contributed by atoms with Crippen molar-refractivity contribution in [3.05, 3.63) is 21.4 Å². The van der Waals surface area contributed by atoms with E-state index in [4.69, 9.17) is 4.74 Å². The molecule has 2 aliphatic rings. The van der Waals surface area contributed by atoms with Crippen LogP contribution in [0.4, 0.5) is 0 Å². The van der Waals surface area contributed by atoms with Crippen molar-refractivity contribution in [3.8, 4) is 0 Å². The summed E-state index contributed by atoms with van der Waals surface area (Å²) < 4.78 is 4.97. The predicted molar refractivity (Wildman–Crippen MR) is 99.0 cm³/mol. The number of ether oxygens (including phenoxy) is 1. The van der Waals surface area contributed by atoms with Crippen LogP contribution in [0.1, 0.15) is 46.3 Å². The fourth-order valence-corrected chi connectivity index (χ4v) is 4.82. The number of thiophene rings is 1. The molecule has 138 valence electrons. The molecule has 1 aliphatic heterocycles. The number of carbonyl (C=O) groups is 2. The van der Waals surface area contributed by atoms with Crippen LogP contribution in [-0.4, -0.2) is 50.1 Å². The Labute approximate surface area is 153 Å². The molecule has 1 aromatic heterocycles. The molecule has 1 aliphatic carbocycles. The van der Waals surface area contributed by atoms with Crippen molar-refractivity contribution < 1.29 is 14.3 Å². The van der Waals surface area contributed by atoms with Crippen molar-refractivity contribution in [1.29, 1.82) is 0 Å². The summed E-state index contributed by atoms with van der Waals surface area (Å²) in [6.07, 6.45) is 4.70. The number of carbonyl (C=O) groups excluding carboxylic acids is 2. The average Bonchev–Trinajstić information content (AvgIpc) is 3.05. The van der Waals surface area contributed by atoms with Gasteiger partial charge >= 0.3 is 0 Å². The number of amides is 2. The molecule has 0 radical (unpaired) electrons. The summed E-state index contributed by atoms with van der Waals surface area (Å²) in [5.74, 6) is 1.01. The molecule has 3 rings (SSSR count). The van der Waals surface area contributed by atoms with E-state index in [1.807, 2.05) is 11.0 Å². The lowest BCUT2D eigenvalue weighted by Crippen LogP contribution is -2.37. The van der Waals surface area contributed by atoms with Crippen LogP contribution in [0.2, 0.25) is 0 Å². The highest BCUT2D eigenvalue weighted by Crippen LogP contribution is 2.33. The van der Waals surface area contributed by atoms with E-state index in [1.54, 1.807) is 18.4 Å². The van der Waals surface area contributed by atoms with Crippen molar-refractivity contribution in [2.75, 3.05) is 33.4 Å². The summed E-state index contributed by atoms with van der Waals surface area (Å²) in [4.78, 5) is 29.1. The molecule has 1 N–H and O–H groups in total. The van der Waals surface area contributed by atoms with Gasteiger partial charge in [-0.15, -0.1) is 11.3 Å². The topological polar surface area (TPSA) is 58.6 Å². The summed E-state index contributed by atoms with van der Waals surface area (Å²) in [6.45, 7) is 5.08. The molecule has 2 heterocycles. The Morgan fingerprint density at radius 2 is 2.08 bits per heavy atom. The van der Waals surface area contributed by atoms with Crippen LogP contribution >= 0.6 is 11.3 Å². The first-order chi connectivity index (χ1) is 12.1. The first-order valence-corrected chi connectivity index (χ1v) is 10.1. The molecule has 25 heavy (non-hydrogen) atoms. The number of likely N-dealkylation sites (tertiary alicyclic amines) is 1. The zero-order valence-electron chi connectivity index (χ0n) is 15.2. The SMILES string of the molecule is COCCNC(=O)[C@@H]1CCc2sc(C(=O)N3CCC(C)CC3)cc2C1. The van der Waals surface area contributed by atoms with Gasteiger partial charge in [-0.25, -0.2) is 0 Å². The third-order valence-electron chi connectivity index (χ3n) is 5.34. The third kappa shape index (κ3) is 4.42. The second-order valence-electron chi connectivity index (χ2n) is 7.26. The number of hydrogen-bond donors (Lipinski definition) is 1. The second-order valence-corrected chi connectivity index (χ2v) is 8.39. The van der Waals surface area contributed by atoms with E-state index in [1.165, 1.54) is 10.4 Å². The first-order valence-electron chi connectivity index (χ1n) is 9.26. The standard InChI is InChI=1S/C19H28N2O3S/c1-13-5-8-21(9-6-13)19(23)17-12-15-11-14(3-4-16(15)25-17)18(22)20-7-10-24-2/h12-14H,3-11H2,1-2H3,(H,20,22)/t14-/m1/s1. The number of rotatable bonds is 5. The summed E-state index contributed by atoms with van der Waals surface area (Å²) in [7, 11) is 1.63. The van der Waals surface area contributed by atoms with Gasteiger partial charge in [0.05, 0.1) is 11.5 Å². The molecular formula is C19H28N2O3S. The zero-order chi connectivity index (χ0) is 17.8. The molecule has 5 nitrogen and oxygen atoms in total. The molecule has 0 aromatic carbocycles. The maximum Gasteiger partial charge on any atom is 0.263 e. The molecule has 0 spiro atoms. The first kappa shape index (κ1) is 18.4. The molecule has 1 fully saturated rings. The number of piperidine rings is 1. The van der Waals surface area contributed by atoms with Gasteiger partial charge in [-0.05, 0) is 49.7 Å². The Morgan fingerprint density at radius 3 is 2.80 bits per heavy atom. The van der Waals surface area contributed by atoms with Gasteiger partial charge in [-0.1, -0.05) is 6.92 Å². The third-order valence-corrected chi connectivity index (χ3v) is 6.57. The van der Waals surface area contributed by atoms with Gasteiger partial charge in [0.15, 0.2) is 0 Å². The normalized spacial score (nSPS) is 21.0. The van der Waals surface area contributed by atoms with Crippen molar-refractivity contribution in [1.82, 2.24) is 10.2 Å². The van der Waals surface area contributed by atoms with Gasteiger partial charge in [-0.3, -0.25) is 9.59 Å². The Hall–Kier alpha value is -1.40. The van der Waals surface area contributed by atoms with E-state index in [9.17, 15) is 9.59 Å².